The first-order valence-electron chi connectivity index (χ1n) is 34.6. The number of thiazole rings is 1. The zero-order valence-electron chi connectivity index (χ0n) is 57.2. The van der Waals surface area contributed by atoms with E-state index in [1.54, 1.807) is 73.3 Å². The van der Waals surface area contributed by atoms with Crippen LogP contribution in [0.4, 0.5) is 0 Å². The molecule has 0 amide bonds. The summed E-state index contributed by atoms with van der Waals surface area (Å²) >= 11 is 1.72. The fourth-order valence-electron chi connectivity index (χ4n) is 15.3. The first kappa shape index (κ1) is 53.9. The minimum atomic E-state index is -2.26. The summed E-state index contributed by atoms with van der Waals surface area (Å²) < 4.78 is 56.3. The molecule has 490 valence electrons. The third-order valence-corrected chi connectivity index (χ3v) is 20.8. The van der Waals surface area contributed by atoms with Crippen molar-refractivity contribution < 1.29 is 31.4 Å². The normalized spacial score (nSPS) is 13.5. The van der Waals surface area contributed by atoms with Crippen LogP contribution in [0.15, 0.2) is 225 Å². The van der Waals surface area contributed by atoms with Crippen LogP contribution in [0.3, 0.4) is 0 Å². The maximum Gasteiger partial charge on any atom is 0.356 e. The molecule has 20 aromatic heterocycles. The van der Waals surface area contributed by atoms with Crippen molar-refractivity contribution >= 4 is 95.0 Å². The van der Waals surface area contributed by atoms with Crippen LogP contribution in [0.25, 0.3) is 146 Å². The highest BCUT2D eigenvalue weighted by atomic mass is 32.1. The summed E-state index contributed by atoms with van der Waals surface area (Å²) in [6, 6.07) is 39.9. The number of hydrogen-bond acceptors (Lipinski definition) is 16. The number of hydrogen-bond donors (Lipinski definition) is 0. The smallest absolute Gasteiger partial charge is 0.356 e. The lowest BCUT2D eigenvalue weighted by Crippen LogP contribution is -2.32. The number of oxazole rings is 1. The molecule has 0 bridgehead atoms. The number of benzene rings is 1. The molecule has 5 aliphatic heterocycles. The Morgan fingerprint density at radius 2 is 0.942 bits per heavy atom. The van der Waals surface area contributed by atoms with Gasteiger partial charge in [-0.3, -0.25) is 29.9 Å². The maximum absolute atomic E-state index is 7.89. The molecule has 21 aromatic rings. The second kappa shape index (κ2) is 21.7. The fourth-order valence-corrected chi connectivity index (χ4v) is 16.5. The first-order chi connectivity index (χ1) is 52.1. The third-order valence-electron chi connectivity index (χ3n) is 19.7. The van der Waals surface area contributed by atoms with Gasteiger partial charge < -0.3 is 8.98 Å². The molecule has 0 aliphatic carbocycles. The Morgan fingerprint density at radius 1 is 0.427 bits per heavy atom. The van der Waals surface area contributed by atoms with Gasteiger partial charge in [0.05, 0.1) is 75.0 Å². The molecule has 0 atom stereocenters. The van der Waals surface area contributed by atoms with Crippen LogP contribution < -0.4 is 22.8 Å². The molecule has 5 aliphatic rings. The SMILES string of the molecule is Cn1c2[n+](c3c1nc1ccncn13)Cc1ncccc1-2.[2H]C([2H])([2H])n1c2ccncc2n2c3[n+](cc12)Cc1ncccc1-3.c1ccc(-n2c3[n+](c4c2nc2ccncn24)Cc2ncccc2-3)cc1.c1cnc2c(c1)-c1oc3nc4ccncn4c3[n+]1C2.c1cnc2c(c1)-c1sc3nc4ccncn4c3[n+]1C2. The molecule has 0 N–H and O–H groups in total. The highest BCUT2D eigenvalue weighted by Gasteiger charge is 2.40. The van der Waals surface area contributed by atoms with Crippen molar-refractivity contribution in [2.45, 2.75) is 32.7 Å². The van der Waals surface area contributed by atoms with Crippen LogP contribution in [0.2, 0.25) is 0 Å². The van der Waals surface area contributed by atoms with Crippen LogP contribution in [0, 0.1) is 0 Å². The Morgan fingerprint density at radius 3 is 1.61 bits per heavy atom. The first-order valence-corrected chi connectivity index (χ1v) is 33.9. The summed E-state index contributed by atoms with van der Waals surface area (Å²) in [6.45, 7) is 1.44. The van der Waals surface area contributed by atoms with Crippen LogP contribution in [0.5, 0.6) is 0 Å². The number of para-hydroxylation sites is 1. The molecule has 26 rings (SSSR count). The summed E-state index contributed by atoms with van der Waals surface area (Å²) in [4.78, 5) is 63.0. The van der Waals surface area contributed by atoms with Crippen molar-refractivity contribution in [1.82, 2.24) is 105 Å². The molecule has 0 unspecified atom stereocenters. The zero-order chi connectivity index (χ0) is 70.2. The third kappa shape index (κ3) is 8.28. The predicted octanol–water partition coefficient (Wildman–Crippen LogP) is 7.70. The topological polar surface area (TPSA) is 250 Å². The highest BCUT2D eigenvalue weighted by molar-refractivity contribution is 7.20. The van der Waals surface area contributed by atoms with E-state index in [0.29, 0.717) is 30.0 Å². The minimum absolute atomic E-state index is 0.637. The quantitative estimate of drug-likeness (QED) is 0.143. The van der Waals surface area contributed by atoms with Crippen LogP contribution in [-0.4, -0.2) is 105 Å². The minimum Gasteiger partial charge on any atom is -0.395 e. The van der Waals surface area contributed by atoms with Gasteiger partial charge in [-0.1, -0.05) is 29.5 Å². The Labute approximate surface area is 587 Å². The molecular formula is C74H52N27OS+5. The molecule has 0 radical (unpaired) electrons. The molecule has 25 heterocycles. The number of nitrogens with zero attached hydrogens (tertiary/aromatic N) is 27. The van der Waals surface area contributed by atoms with E-state index in [9.17, 15) is 0 Å². The number of aromatic nitrogens is 27. The summed E-state index contributed by atoms with van der Waals surface area (Å²) in [7, 11) is 2.05. The van der Waals surface area contributed by atoms with E-state index < -0.39 is 6.98 Å². The summed E-state index contributed by atoms with van der Waals surface area (Å²) in [5.74, 6) is 4.04. The Hall–Kier alpha value is -14.1. The van der Waals surface area contributed by atoms with Gasteiger partial charge in [0.15, 0.2) is 42.0 Å². The second-order valence-electron chi connectivity index (χ2n) is 25.2. The lowest BCUT2D eigenvalue weighted by atomic mass is 10.2. The van der Waals surface area contributed by atoms with Crippen molar-refractivity contribution in [1.29, 1.82) is 0 Å². The molecule has 0 spiro atoms. The second-order valence-corrected chi connectivity index (χ2v) is 26.2. The van der Waals surface area contributed by atoms with Gasteiger partial charge in [-0.2, -0.15) is 46.5 Å². The molecule has 0 saturated heterocycles. The van der Waals surface area contributed by atoms with Gasteiger partial charge in [0.25, 0.3) is 28.4 Å². The van der Waals surface area contributed by atoms with Crippen LogP contribution >= 0.6 is 11.3 Å². The van der Waals surface area contributed by atoms with E-state index in [1.165, 1.54) is 20.7 Å². The average molecular weight is 1370 g/mol. The number of rotatable bonds is 1. The van der Waals surface area contributed by atoms with Crippen molar-refractivity contribution in [3.63, 3.8) is 0 Å². The Bertz CT molecular complexity index is 7090. The van der Waals surface area contributed by atoms with Crippen molar-refractivity contribution in [2.24, 2.45) is 14.0 Å². The molecule has 29 heteroatoms. The van der Waals surface area contributed by atoms with Crippen LogP contribution in [0.1, 0.15) is 32.6 Å². The van der Waals surface area contributed by atoms with Crippen molar-refractivity contribution in [2.75, 3.05) is 0 Å². The van der Waals surface area contributed by atoms with Crippen LogP contribution in [-0.2, 0) is 46.7 Å². The molecule has 0 fully saturated rings. The van der Waals surface area contributed by atoms with E-state index in [4.69, 9.17) is 18.5 Å². The molecule has 28 nitrogen and oxygen atoms in total. The number of imidazole rings is 8. The zero-order valence-corrected chi connectivity index (χ0v) is 55.0. The maximum atomic E-state index is 7.89. The molecule has 103 heavy (non-hydrogen) atoms. The van der Waals surface area contributed by atoms with Gasteiger partial charge in [0.2, 0.25) is 44.7 Å². The standard InChI is InChI=1S/C19H13N6.C15H12N5.C14H11N6.C13H8N5O.C13H8N5S/c1-2-5-13(6-3-1)25-17-19(24-12-20-10-8-16(24)22-17)23-11-15-14(18(23)25)7-4-9-21-15;1-18-12-4-6-16-7-13(12)20-14(18)9-19-8-11-10(15(19)20)3-2-5-17-11;1-18-12-14(20-8-15-6-4-11(20)17-12)19-7-10-9(13(18)19)3-2-5-16-10;2*1-2-8-9(15-4-1)6-17-12-11(19-13(8)17)16-10-3-5-14-7-18(10)12/h1-10,12H,11H2;2-7,9H,8H2,1H3;2-6,8H,7H2,1H3;2*1-5,7H,6H2/q5*+1/i;1D3;;;. The molecular weight excluding hydrogens is 1320 g/mol. The Kier molecular flexibility index (Phi) is 11.4. The molecule has 1 aromatic carbocycles. The molecule has 0 saturated carbocycles. The highest BCUT2D eigenvalue weighted by Crippen LogP contribution is 2.38. The van der Waals surface area contributed by atoms with Gasteiger partial charge in [0.1, 0.15) is 38.4 Å². The fraction of sp³-hybridized carbons (Fsp3) is 0.0946. The lowest BCUT2D eigenvalue weighted by Gasteiger charge is -2.02. The van der Waals surface area contributed by atoms with E-state index >= 15 is 0 Å². The summed E-state index contributed by atoms with van der Waals surface area (Å²) in [5.41, 5.74) is 24.4. The summed E-state index contributed by atoms with van der Waals surface area (Å²) in [5, 5.41) is 1.24. The number of fused-ring (bicyclic) bond motifs is 35. The van der Waals surface area contributed by atoms with Gasteiger partial charge in [-0.05, 0) is 78.9 Å². The van der Waals surface area contributed by atoms with Gasteiger partial charge in [-0.25, -0.2) is 47.3 Å². The van der Waals surface area contributed by atoms with Gasteiger partial charge >= 0.3 is 22.9 Å². The van der Waals surface area contributed by atoms with E-state index in [2.05, 4.69) is 137 Å². The lowest BCUT2D eigenvalue weighted by molar-refractivity contribution is -0.670. The largest absolute Gasteiger partial charge is 0.395 e. The number of aryl methyl sites for hydroxylation is 2. The average Bonchev–Trinajstić information content (AvgIpc) is 1.15. The monoisotopic (exact) mass is 1370 g/mol. The van der Waals surface area contributed by atoms with E-state index in [1.807, 2.05) is 143 Å². The van der Waals surface area contributed by atoms with Gasteiger partial charge in [-0.15, -0.1) is 0 Å². The summed E-state index contributed by atoms with van der Waals surface area (Å²) in [6.07, 6.45) is 28.6. The Balaban J connectivity index is 0.0000000830. The van der Waals surface area contributed by atoms with Gasteiger partial charge in [0, 0.05) is 97.3 Å². The predicted molar refractivity (Wildman–Crippen MR) is 375 cm³/mol. The van der Waals surface area contributed by atoms with Crippen molar-refractivity contribution in [3.8, 4) is 61.9 Å². The van der Waals surface area contributed by atoms with E-state index in [0.717, 1.165) is 161 Å². The van der Waals surface area contributed by atoms with Crippen molar-refractivity contribution in [3.05, 3.63) is 249 Å². The number of pyridine rings is 6. The van der Waals surface area contributed by atoms with E-state index in [-0.39, 0.29) is 0 Å².